The SMILES string of the molecule is Cc1ncsc1-c1ccc([C@H](C)NC(=O)[C@@H]2C[C@@H](O)CN2C(=O)C(c2cc(N3CCC(O[C@H]4C[C@H](OCC#Cc5cn6cc(-c7ccccc7O)nc6nc5N)C4)CC3)no2)C(C)C)cc1. The lowest BCUT2D eigenvalue weighted by Crippen LogP contribution is -2.48. The van der Waals surface area contributed by atoms with Crippen LogP contribution in [0.3, 0.4) is 0 Å². The molecule has 17 heteroatoms. The quantitative estimate of drug-likeness (QED) is 0.0945. The number of amides is 2. The van der Waals surface area contributed by atoms with Crippen molar-refractivity contribution in [2.24, 2.45) is 5.92 Å². The Balaban J connectivity index is 0.727. The number of anilines is 2. The smallest absolute Gasteiger partial charge is 0.243 e. The van der Waals surface area contributed by atoms with Crippen molar-refractivity contribution in [3.63, 3.8) is 0 Å². The number of carbonyl (C=O) groups is 2. The van der Waals surface area contributed by atoms with Crippen molar-refractivity contribution in [1.82, 2.24) is 34.7 Å². The highest BCUT2D eigenvalue weighted by Gasteiger charge is 2.44. The topological polar surface area (TPSA) is 207 Å². The second-order valence-corrected chi connectivity index (χ2v) is 18.7. The number of nitrogens with zero attached hydrogens (tertiary/aromatic N) is 7. The summed E-state index contributed by atoms with van der Waals surface area (Å²) in [6, 6.07) is 15.8. The van der Waals surface area contributed by atoms with Crippen molar-refractivity contribution in [1.29, 1.82) is 0 Å². The van der Waals surface area contributed by atoms with Crippen LogP contribution < -0.4 is 16.0 Å². The number of nitrogens with one attached hydrogen (secondary N) is 1. The van der Waals surface area contributed by atoms with Gasteiger partial charge in [0.1, 0.15) is 30.1 Å². The minimum atomic E-state index is -0.816. The summed E-state index contributed by atoms with van der Waals surface area (Å²) >= 11 is 1.59. The summed E-state index contributed by atoms with van der Waals surface area (Å²) in [5.74, 6) is 6.66. The van der Waals surface area contributed by atoms with Crippen molar-refractivity contribution in [3.05, 3.63) is 95.1 Å². The summed E-state index contributed by atoms with van der Waals surface area (Å²) in [6.45, 7) is 9.57. The molecular formula is C49H55N9O7S. The average Bonchev–Trinajstić information content (AvgIpc) is 4.12. The fourth-order valence-corrected chi connectivity index (χ4v) is 9.90. The van der Waals surface area contributed by atoms with E-state index in [1.165, 1.54) is 4.90 Å². The molecule has 3 fully saturated rings. The Hall–Kier alpha value is -6.32. The number of aryl methyl sites for hydroxylation is 1. The number of aromatic hydroxyl groups is 1. The number of aliphatic hydroxyl groups excluding tert-OH is 1. The number of carbonyl (C=O) groups excluding carboxylic acids is 2. The minimum absolute atomic E-state index is 0.0663. The second-order valence-electron chi connectivity index (χ2n) is 17.9. The first-order chi connectivity index (χ1) is 31.9. The molecule has 2 aliphatic heterocycles. The van der Waals surface area contributed by atoms with Crippen molar-refractivity contribution >= 4 is 40.6 Å². The fraction of sp³-hybridized carbons (Fsp3) is 0.429. The Morgan fingerprint density at radius 3 is 2.52 bits per heavy atom. The van der Waals surface area contributed by atoms with E-state index in [0.29, 0.717) is 34.2 Å². The highest BCUT2D eigenvalue weighted by atomic mass is 32.1. The number of β-amino-alcohol motifs (C(OH)–C–C–N with tert-alkyl or cyclic N) is 1. The molecule has 1 unspecified atom stereocenters. The number of benzene rings is 2. The van der Waals surface area contributed by atoms with Crippen LogP contribution in [-0.2, 0) is 19.1 Å². The van der Waals surface area contributed by atoms with Crippen molar-refractivity contribution in [3.8, 4) is 39.3 Å². The number of para-hydroxylation sites is 1. The molecule has 0 spiro atoms. The lowest BCUT2D eigenvalue weighted by molar-refractivity contribution is -0.141. The molecule has 2 amide bonds. The molecule has 2 aromatic carbocycles. The summed E-state index contributed by atoms with van der Waals surface area (Å²) in [4.78, 5) is 46.0. The number of phenols is 1. The van der Waals surface area contributed by atoms with Gasteiger partial charge in [0.25, 0.3) is 0 Å². The van der Waals surface area contributed by atoms with Gasteiger partial charge in [-0.2, -0.15) is 4.98 Å². The van der Waals surface area contributed by atoms with Crippen LogP contribution in [0.15, 0.2) is 77.0 Å². The Morgan fingerprint density at radius 1 is 1.02 bits per heavy atom. The number of likely N-dealkylation sites (tertiary alicyclic amines) is 1. The predicted octanol–water partition coefficient (Wildman–Crippen LogP) is 6.27. The molecule has 0 bridgehead atoms. The maximum Gasteiger partial charge on any atom is 0.243 e. The number of nitrogen functional groups attached to an aromatic ring is 1. The van der Waals surface area contributed by atoms with E-state index in [4.69, 9.17) is 19.7 Å². The number of ether oxygens (including phenoxy) is 2. The largest absolute Gasteiger partial charge is 0.507 e. The van der Waals surface area contributed by atoms with Gasteiger partial charge in [-0.3, -0.25) is 14.0 Å². The summed E-state index contributed by atoms with van der Waals surface area (Å²) in [6.07, 6.45) is 6.46. The first kappa shape index (κ1) is 44.9. The summed E-state index contributed by atoms with van der Waals surface area (Å²) in [5.41, 5.74) is 12.8. The molecule has 1 aliphatic carbocycles. The van der Waals surface area contributed by atoms with Crippen LogP contribution in [0.4, 0.5) is 11.6 Å². The molecule has 0 radical (unpaired) electrons. The number of aliphatic hydroxyl groups is 1. The van der Waals surface area contributed by atoms with Gasteiger partial charge in [0.15, 0.2) is 11.6 Å². The van der Waals surface area contributed by atoms with Crippen LogP contribution in [0.2, 0.25) is 0 Å². The zero-order chi connectivity index (χ0) is 46.1. The monoisotopic (exact) mass is 913 g/mol. The molecule has 16 nitrogen and oxygen atoms in total. The zero-order valence-electron chi connectivity index (χ0n) is 37.5. The van der Waals surface area contributed by atoms with E-state index in [1.54, 1.807) is 46.3 Å². The molecule has 344 valence electrons. The van der Waals surface area contributed by atoms with Gasteiger partial charge < -0.3 is 45.1 Å². The summed E-state index contributed by atoms with van der Waals surface area (Å²) < 4.78 is 20.1. The molecule has 66 heavy (non-hydrogen) atoms. The molecule has 5 N–H and O–H groups in total. The molecule has 6 heterocycles. The molecular weight excluding hydrogens is 859 g/mol. The van der Waals surface area contributed by atoms with Crippen LogP contribution >= 0.6 is 11.3 Å². The van der Waals surface area contributed by atoms with E-state index >= 15 is 0 Å². The molecule has 1 saturated carbocycles. The van der Waals surface area contributed by atoms with Crippen LogP contribution in [0.5, 0.6) is 5.75 Å². The van der Waals surface area contributed by atoms with Gasteiger partial charge in [0.05, 0.1) is 57.8 Å². The Labute approximate surface area is 387 Å². The molecule has 6 aromatic rings. The lowest BCUT2D eigenvalue weighted by atomic mass is 9.91. The van der Waals surface area contributed by atoms with Gasteiger partial charge in [-0.05, 0) is 55.9 Å². The van der Waals surface area contributed by atoms with Crippen LogP contribution in [0.1, 0.15) is 87.4 Å². The molecule has 3 aliphatic rings. The second kappa shape index (κ2) is 19.3. The average molecular weight is 914 g/mol. The highest BCUT2D eigenvalue weighted by molar-refractivity contribution is 7.13. The number of hydrogen-bond acceptors (Lipinski definition) is 14. The van der Waals surface area contributed by atoms with Gasteiger partial charge in [0, 0.05) is 62.9 Å². The lowest BCUT2D eigenvalue weighted by Gasteiger charge is -2.39. The van der Waals surface area contributed by atoms with E-state index in [2.05, 4.69) is 42.2 Å². The number of nitrogens with two attached hydrogens (primary N) is 1. The summed E-state index contributed by atoms with van der Waals surface area (Å²) in [7, 11) is 0. The van der Waals surface area contributed by atoms with Crippen LogP contribution in [0.25, 0.3) is 27.5 Å². The van der Waals surface area contributed by atoms with Gasteiger partial charge in [-0.15, -0.1) is 11.3 Å². The molecule has 9 rings (SSSR count). The molecule has 4 atom stereocenters. The Bertz CT molecular complexity index is 2740. The van der Waals surface area contributed by atoms with E-state index in [-0.39, 0.29) is 73.2 Å². The van der Waals surface area contributed by atoms with Gasteiger partial charge in [-0.25, -0.2) is 9.97 Å². The van der Waals surface area contributed by atoms with E-state index in [1.807, 2.05) is 69.6 Å². The van der Waals surface area contributed by atoms with E-state index in [0.717, 1.165) is 60.5 Å². The maximum atomic E-state index is 14.3. The number of aromatic nitrogens is 5. The number of rotatable bonds is 13. The standard InChI is InChI=1S/C49H55N9O7S/c1-28(2)44(48(62)58-25-34(59)20-40(58)47(61)52-29(3)31-11-13-32(14-12-31)45-30(4)51-27-66-45)42-23-43(55-65-42)56-17-15-35(16-18-56)64-37-21-36(22-37)63-19-7-8-33-24-57-26-39(53-49(57)54-46(33)50)38-9-5-6-10-41(38)60/h5-6,9-14,23-24,26-29,34-37,40,44,59-60H,15-22,25H2,1-4H3,(H,52,61)(H2,50,53,54)/t29-,34+,36-,37-,40-,44?/m0/s1. The third kappa shape index (κ3) is 9.64. The predicted molar refractivity (Wildman–Crippen MR) is 250 cm³/mol. The highest BCUT2D eigenvalue weighted by Crippen LogP contribution is 2.35. The first-order valence-electron chi connectivity index (χ1n) is 22.6. The molecule has 2 saturated heterocycles. The first-order valence-corrected chi connectivity index (χ1v) is 23.5. The summed E-state index contributed by atoms with van der Waals surface area (Å²) in [5, 5.41) is 28.4. The maximum absolute atomic E-state index is 14.3. The van der Waals surface area contributed by atoms with Crippen molar-refractivity contribution < 1.29 is 33.8 Å². The number of fused-ring (bicyclic) bond motifs is 1. The number of phenolic OH excluding ortho intramolecular Hbond substituents is 1. The Morgan fingerprint density at radius 2 is 1.79 bits per heavy atom. The Kier molecular flexibility index (Phi) is 13.1. The fourth-order valence-electron chi connectivity index (χ4n) is 9.09. The molecule has 4 aromatic heterocycles. The van der Waals surface area contributed by atoms with Crippen LogP contribution in [-0.4, -0.2) is 108 Å². The number of piperidine rings is 1. The van der Waals surface area contributed by atoms with Crippen molar-refractivity contribution in [2.75, 3.05) is 36.9 Å². The third-order valence-electron chi connectivity index (χ3n) is 12.9. The van der Waals surface area contributed by atoms with E-state index in [9.17, 15) is 19.8 Å². The minimum Gasteiger partial charge on any atom is -0.507 e. The van der Waals surface area contributed by atoms with E-state index < -0.39 is 18.1 Å². The third-order valence-corrected chi connectivity index (χ3v) is 13.8. The number of hydrogen-bond donors (Lipinski definition) is 4. The number of imidazole rings is 1. The van der Waals surface area contributed by atoms with Crippen molar-refractivity contribution in [2.45, 2.75) is 102 Å². The van der Waals surface area contributed by atoms with Gasteiger partial charge in [0.2, 0.25) is 17.6 Å². The number of thiazole rings is 1. The normalized spacial score (nSPS) is 20.8. The van der Waals surface area contributed by atoms with Gasteiger partial charge >= 0.3 is 0 Å². The van der Waals surface area contributed by atoms with Gasteiger partial charge in [-0.1, -0.05) is 67.2 Å². The van der Waals surface area contributed by atoms with Crippen LogP contribution in [0, 0.1) is 24.7 Å². The zero-order valence-corrected chi connectivity index (χ0v) is 38.3.